The minimum absolute atomic E-state index is 0.144. The van der Waals surface area contributed by atoms with Crippen molar-refractivity contribution >= 4 is 17.4 Å². The number of amides is 1. The normalized spacial score (nSPS) is 15.4. The van der Waals surface area contributed by atoms with Gasteiger partial charge in [0.25, 0.3) is 0 Å². The van der Waals surface area contributed by atoms with Gasteiger partial charge in [-0.05, 0) is 43.5 Å². The van der Waals surface area contributed by atoms with Crippen LogP contribution in [-0.4, -0.2) is 56.3 Å². The molecule has 206 valence electrons. The second-order valence-corrected chi connectivity index (χ2v) is 9.90. The van der Waals surface area contributed by atoms with E-state index in [0.29, 0.717) is 40.2 Å². The van der Waals surface area contributed by atoms with Gasteiger partial charge in [-0.2, -0.15) is 18.3 Å². The Kier molecular flexibility index (Phi) is 6.15. The molecule has 1 fully saturated rings. The number of nitrogens with zero attached hydrogens (tertiary/aromatic N) is 8. The number of alkyl halides is 3. The topological polar surface area (TPSA) is 102 Å². The lowest BCUT2D eigenvalue weighted by Gasteiger charge is -2.34. The second kappa shape index (κ2) is 9.57. The number of benzene rings is 1. The number of rotatable bonds is 6. The predicted octanol–water partition coefficient (Wildman–Crippen LogP) is 4.32. The number of hydrogen-bond donors (Lipinski definition) is 0. The molecule has 6 rings (SSSR count). The van der Waals surface area contributed by atoms with E-state index < -0.39 is 11.9 Å². The number of anilines is 2. The fraction of sp³-hybridized carbons (Fsp3) is 0.333. The van der Waals surface area contributed by atoms with Crippen LogP contribution in [0.4, 0.5) is 24.7 Å². The molecule has 1 aromatic carbocycles. The molecule has 1 amide bonds. The number of carbonyl (C=O) groups excluding carboxylic acids is 1. The Labute approximate surface area is 227 Å². The van der Waals surface area contributed by atoms with Crippen molar-refractivity contribution in [3.05, 3.63) is 65.5 Å². The second-order valence-electron chi connectivity index (χ2n) is 9.90. The van der Waals surface area contributed by atoms with Gasteiger partial charge < -0.3 is 9.64 Å². The third kappa shape index (κ3) is 4.61. The molecular formula is C27H25F3N8O2. The number of aromatic nitrogens is 6. The van der Waals surface area contributed by atoms with E-state index in [1.165, 1.54) is 18.1 Å². The van der Waals surface area contributed by atoms with Crippen LogP contribution in [-0.2, 0) is 17.5 Å². The standard InChI is InChI=1S/C27H25F3N8O2/c1-15-10-20(27(28,29)30)35-38(15)18-8-4-16(5-9-18)12-37-21(39)13-36(2)19-11-31-24(34-25(19)37)22-23(17-6-7-17)32-14-33-26(22)40-3/h4-5,8-11,14,17H,6-7,12-13H2,1-3H3. The zero-order chi connectivity index (χ0) is 28.2. The summed E-state index contributed by atoms with van der Waals surface area (Å²) in [4.78, 5) is 34.7. The number of hydrogen-bond acceptors (Lipinski definition) is 8. The first-order valence-corrected chi connectivity index (χ1v) is 12.6. The molecule has 0 N–H and O–H groups in total. The highest BCUT2D eigenvalue weighted by Crippen LogP contribution is 2.45. The van der Waals surface area contributed by atoms with Crippen LogP contribution >= 0.6 is 0 Å². The molecule has 13 heteroatoms. The summed E-state index contributed by atoms with van der Waals surface area (Å²) in [5.41, 5.74) is 2.80. The Morgan fingerprint density at radius 3 is 2.50 bits per heavy atom. The quantitative estimate of drug-likeness (QED) is 0.350. The Morgan fingerprint density at radius 1 is 1.10 bits per heavy atom. The Hall–Kier alpha value is -4.55. The van der Waals surface area contributed by atoms with Crippen molar-refractivity contribution in [2.75, 3.05) is 30.5 Å². The molecule has 4 aromatic rings. The Bertz CT molecular complexity index is 1600. The summed E-state index contributed by atoms with van der Waals surface area (Å²) < 4.78 is 46.1. The van der Waals surface area contributed by atoms with E-state index >= 15 is 0 Å². The summed E-state index contributed by atoms with van der Waals surface area (Å²) in [6, 6.07) is 7.88. The van der Waals surface area contributed by atoms with Crippen LogP contribution in [0.5, 0.6) is 5.88 Å². The average molecular weight is 551 g/mol. The van der Waals surface area contributed by atoms with Crippen molar-refractivity contribution in [1.82, 2.24) is 29.7 Å². The largest absolute Gasteiger partial charge is 0.480 e. The van der Waals surface area contributed by atoms with Gasteiger partial charge >= 0.3 is 6.18 Å². The monoisotopic (exact) mass is 550 g/mol. The first-order valence-electron chi connectivity index (χ1n) is 12.6. The number of likely N-dealkylation sites (N-methyl/N-ethyl adjacent to an activating group) is 1. The molecule has 10 nitrogen and oxygen atoms in total. The SMILES string of the molecule is COc1ncnc(C2CC2)c1-c1ncc2c(n1)N(Cc1ccc(-n3nc(C(F)(F)F)cc3C)cc1)C(=O)CN2C. The smallest absolute Gasteiger partial charge is 0.435 e. The molecule has 0 atom stereocenters. The molecular weight excluding hydrogens is 525 g/mol. The maximum Gasteiger partial charge on any atom is 0.435 e. The summed E-state index contributed by atoms with van der Waals surface area (Å²) in [6.07, 6.45) is 0.646. The fourth-order valence-corrected chi connectivity index (χ4v) is 4.82. The van der Waals surface area contributed by atoms with Crippen molar-refractivity contribution in [2.45, 2.75) is 38.4 Å². The van der Waals surface area contributed by atoms with Crippen molar-refractivity contribution in [2.24, 2.45) is 0 Å². The van der Waals surface area contributed by atoms with E-state index in [1.54, 1.807) is 54.2 Å². The van der Waals surface area contributed by atoms with Gasteiger partial charge in [-0.15, -0.1) is 0 Å². The fourth-order valence-electron chi connectivity index (χ4n) is 4.82. The van der Waals surface area contributed by atoms with Gasteiger partial charge in [-0.25, -0.2) is 24.6 Å². The summed E-state index contributed by atoms with van der Waals surface area (Å²) in [6.45, 7) is 1.92. The van der Waals surface area contributed by atoms with E-state index in [9.17, 15) is 18.0 Å². The number of methoxy groups -OCH3 is 1. The molecule has 0 radical (unpaired) electrons. The third-order valence-corrected chi connectivity index (χ3v) is 7.01. The summed E-state index contributed by atoms with van der Waals surface area (Å²) >= 11 is 0. The zero-order valence-corrected chi connectivity index (χ0v) is 22.0. The lowest BCUT2D eigenvalue weighted by Crippen LogP contribution is -2.44. The van der Waals surface area contributed by atoms with Crippen LogP contribution in [0.3, 0.4) is 0 Å². The van der Waals surface area contributed by atoms with E-state index in [2.05, 4.69) is 20.1 Å². The third-order valence-electron chi connectivity index (χ3n) is 7.01. The molecule has 0 saturated heterocycles. The minimum atomic E-state index is -4.53. The molecule has 0 unspecified atom stereocenters. The molecule has 3 aromatic heterocycles. The van der Waals surface area contributed by atoms with Crippen molar-refractivity contribution in [3.8, 4) is 23.0 Å². The number of fused-ring (bicyclic) bond motifs is 1. The molecule has 0 bridgehead atoms. The van der Waals surface area contributed by atoms with Gasteiger partial charge in [0.05, 0.1) is 43.5 Å². The van der Waals surface area contributed by atoms with Gasteiger partial charge in [0.2, 0.25) is 11.8 Å². The van der Waals surface area contributed by atoms with Crippen LogP contribution in [0.2, 0.25) is 0 Å². The van der Waals surface area contributed by atoms with Gasteiger partial charge in [0, 0.05) is 18.7 Å². The van der Waals surface area contributed by atoms with Crippen molar-refractivity contribution in [1.29, 1.82) is 0 Å². The molecule has 0 spiro atoms. The van der Waals surface area contributed by atoms with Crippen LogP contribution in [0.15, 0.2) is 42.9 Å². The van der Waals surface area contributed by atoms with E-state index in [1.807, 2.05) is 0 Å². The lowest BCUT2D eigenvalue weighted by molar-refractivity contribution is -0.141. The molecule has 40 heavy (non-hydrogen) atoms. The predicted molar refractivity (Wildman–Crippen MR) is 139 cm³/mol. The highest BCUT2D eigenvalue weighted by atomic mass is 19.4. The van der Waals surface area contributed by atoms with Gasteiger partial charge in [-0.1, -0.05) is 12.1 Å². The highest BCUT2D eigenvalue weighted by molar-refractivity contribution is 6.02. The number of halogens is 3. The van der Waals surface area contributed by atoms with E-state index in [0.717, 1.165) is 30.2 Å². The molecule has 1 saturated carbocycles. The van der Waals surface area contributed by atoms with E-state index in [-0.39, 0.29) is 24.9 Å². The number of ether oxygens (including phenoxy) is 1. The van der Waals surface area contributed by atoms with Crippen molar-refractivity contribution in [3.63, 3.8) is 0 Å². The van der Waals surface area contributed by atoms with Gasteiger partial charge in [-0.3, -0.25) is 9.69 Å². The van der Waals surface area contributed by atoms with E-state index in [4.69, 9.17) is 9.72 Å². The number of carbonyl (C=O) groups is 1. The van der Waals surface area contributed by atoms with Crippen LogP contribution < -0.4 is 14.5 Å². The molecule has 4 heterocycles. The molecule has 1 aliphatic carbocycles. The number of aryl methyl sites for hydroxylation is 1. The summed E-state index contributed by atoms with van der Waals surface area (Å²) in [5, 5.41) is 3.71. The maximum atomic E-state index is 13.2. The Balaban J connectivity index is 1.34. The zero-order valence-electron chi connectivity index (χ0n) is 22.0. The lowest BCUT2D eigenvalue weighted by atomic mass is 10.1. The average Bonchev–Trinajstić information content (AvgIpc) is 3.70. The first kappa shape index (κ1) is 25.7. The summed E-state index contributed by atoms with van der Waals surface area (Å²) in [5.74, 6) is 1.32. The highest BCUT2D eigenvalue weighted by Gasteiger charge is 2.35. The molecule has 1 aliphatic heterocycles. The summed E-state index contributed by atoms with van der Waals surface area (Å²) in [7, 11) is 3.33. The molecule has 2 aliphatic rings. The van der Waals surface area contributed by atoms with Crippen LogP contribution in [0.25, 0.3) is 17.1 Å². The van der Waals surface area contributed by atoms with Crippen molar-refractivity contribution < 1.29 is 22.7 Å². The van der Waals surface area contributed by atoms with Crippen LogP contribution in [0, 0.1) is 6.92 Å². The van der Waals surface area contributed by atoms with Gasteiger partial charge in [0.1, 0.15) is 11.9 Å². The Morgan fingerprint density at radius 2 is 1.85 bits per heavy atom. The maximum absolute atomic E-state index is 13.2. The first-order chi connectivity index (χ1) is 19.1. The minimum Gasteiger partial charge on any atom is -0.480 e. The van der Waals surface area contributed by atoms with Gasteiger partial charge in [0.15, 0.2) is 17.3 Å². The van der Waals surface area contributed by atoms with Crippen LogP contribution in [0.1, 0.15) is 41.4 Å².